The SMILES string of the molecule is CN(C)[C@@H]1C(=O)C(C(N)=O)C(=O)[C@@]2(O)C(=O)C3C(=O)c4c(O)ccc(-c5cccs5)c4C[C@H]3C[C@@H]12. The molecule has 1 aromatic heterocycles. The van der Waals surface area contributed by atoms with Gasteiger partial charge in [0.1, 0.15) is 5.75 Å². The number of primary amides is 1. The summed E-state index contributed by atoms with van der Waals surface area (Å²) in [6.45, 7) is 0. The maximum atomic E-state index is 13.8. The van der Waals surface area contributed by atoms with Crippen molar-refractivity contribution < 1.29 is 34.2 Å². The number of fused-ring (bicyclic) bond motifs is 3. The van der Waals surface area contributed by atoms with Crippen molar-refractivity contribution in [3.8, 4) is 16.2 Å². The van der Waals surface area contributed by atoms with Crippen molar-refractivity contribution in [2.75, 3.05) is 14.1 Å². The van der Waals surface area contributed by atoms with Crippen LogP contribution >= 0.6 is 11.3 Å². The molecule has 35 heavy (non-hydrogen) atoms. The highest BCUT2D eigenvalue weighted by Crippen LogP contribution is 2.51. The summed E-state index contributed by atoms with van der Waals surface area (Å²) in [6.07, 6.45) is 0.275. The van der Waals surface area contributed by atoms with Gasteiger partial charge in [0, 0.05) is 10.8 Å². The Balaban J connectivity index is 1.67. The average molecular weight is 497 g/mol. The molecule has 3 aliphatic rings. The van der Waals surface area contributed by atoms with E-state index in [-0.39, 0.29) is 24.2 Å². The van der Waals surface area contributed by atoms with Crippen molar-refractivity contribution in [3.63, 3.8) is 0 Å². The van der Waals surface area contributed by atoms with Crippen LogP contribution in [0.25, 0.3) is 10.4 Å². The fourth-order valence-electron chi connectivity index (χ4n) is 6.27. The Morgan fingerprint density at radius 2 is 1.86 bits per heavy atom. The number of likely N-dealkylation sites (N-methyl/N-ethyl adjacent to an activating group) is 1. The number of carbonyl (C=O) groups is 5. The largest absolute Gasteiger partial charge is 0.507 e. The highest BCUT2D eigenvalue weighted by molar-refractivity contribution is 7.13. The third-order valence-electron chi connectivity index (χ3n) is 7.73. The van der Waals surface area contributed by atoms with Crippen molar-refractivity contribution in [1.29, 1.82) is 0 Å². The summed E-state index contributed by atoms with van der Waals surface area (Å²) in [4.78, 5) is 68.1. The topological polar surface area (TPSA) is 155 Å². The van der Waals surface area contributed by atoms with E-state index >= 15 is 0 Å². The summed E-state index contributed by atoms with van der Waals surface area (Å²) in [6, 6.07) is 5.77. The smallest absolute Gasteiger partial charge is 0.235 e. The molecule has 2 saturated carbocycles. The van der Waals surface area contributed by atoms with E-state index in [4.69, 9.17) is 5.73 Å². The minimum atomic E-state index is -2.71. The maximum Gasteiger partial charge on any atom is 0.235 e. The Hall–Kier alpha value is -3.21. The van der Waals surface area contributed by atoms with Gasteiger partial charge in [0.05, 0.1) is 17.5 Å². The number of phenols is 1. The fraction of sp³-hybridized carbons (Fsp3) is 0.400. The molecule has 1 heterocycles. The summed E-state index contributed by atoms with van der Waals surface area (Å²) in [5.41, 5.74) is 3.98. The zero-order valence-electron chi connectivity index (χ0n) is 19.1. The quantitative estimate of drug-likeness (QED) is 0.522. The Morgan fingerprint density at radius 1 is 1.14 bits per heavy atom. The molecule has 2 aromatic rings. The molecular weight excluding hydrogens is 472 g/mol. The van der Waals surface area contributed by atoms with Crippen LogP contribution in [-0.4, -0.2) is 69.9 Å². The van der Waals surface area contributed by atoms with E-state index in [9.17, 15) is 34.2 Å². The van der Waals surface area contributed by atoms with E-state index in [1.165, 1.54) is 22.3 Å². The molecule has 0 bridgehead atoms. The van der Waals surface area contributed by atoms with Crippen LogP contribution in [0, 0.1) is 23.7 Å². The number of hydrogen-bond acceptors (Lipinski definition) is 9. The van der Waals surface area contributed by atoms with Crippen LogP contribution in [0.15, 0.2) is 29.6 Å². The molecule has 10 heteroatoms. The van der Waals surface area contributed by atoms with Crippen molar-refractivity contribution in [2.45, 2.75) is 24.5 Å². The zero-order chi connectivity index (χ0) is 25.4. The fourth-order valence-corrected chi connectivity index (χ4v) is 7.05. The number of nitrogens with zero attached hydrogens (tertiary/aromatic N) is 1. The van der Waals surface area contributed by atoms with Crippen molar-refractivity contribution in [3.05, 3.63) is 40.8 Å². The standard InChI is InChI=1S/C25H24N2O7S/c1-27(2)19-13-9-10-8-12-11(15-4-3-7-35-15)5-6-14(28)17(12)20(29)16(10)22(31)25(13,34)23(32)18(21(19)30)24(26)33/h3-7,10,13,16,18-19,28,34H,8-9H2,1-2H3,(H2,26,33)/t10-,13-,16?,18?,19-,25-/m0/s1. The number of hydrogen-bond donors (Lipinski definition) is 3. The zero-order valence-corrected chi connectivity index (χ0v) is 19.9. The number of phenolic OH excluding ortho intramolecular Hbond substituents is 1. The highest BCUT2D eigenvalue weighted by Gasteiger charge is 2.69. The van der Waals surface area contributed by atoms with Gasteiger partial charge in [0.25, 0.3) is 0 Å². The summed E-state index contributed by atoms with van der Waals surface area (Å²) < 4.78 is 0. The minimum absolute atomic E-state index is 0.00231. The summed E-state index contributed by atoms with van der Waals surface area (Å²) >= 11 is 1.47. The van der Waals surface area contributed by atoms with Crippen molar-refractivity contribution in [2.24, 2.45) is 29.4 Å². The molecular formula is C25H24N2O7S. The number of benzene rings is 1. The molecule has 0 saturated heterocycles. The van der Waals surface area contributed by atoms with Crippen LogP contribution in [0.1, 0.15) is 22.3 Å². The summed E-state index contributed by atoms with van der Waals surface area (Å²) in [7, 11) is 3.11. The lowest BCUT2D eigenvalue weighted by Gasteiger charge is -2.52. The lowest BCUT2D eigenvalue weighted by Crippen LogP contribution is -2.74. The Bertz CT molecular complexity index is 1300. The van der Waals surface area contributed by atoms with Crippen LogP contribution in [0.3, 0.4) is 0 Å². The first kappa shape index (κ1) is 23.5. The number of aromatic hydroxyl groups is 1. The maximum absolute atomic E-state index is 13.8. The first-order valence-electron chi connectivity index (χ1n) is 11.2. The Kier molecular flexibility index (Phi) is 5.31. The molecule has 6 atom stereocenters. The highest BCUT2D eigenvalue weighted by atomic mass is 32.1. The van der Waals surface area contributed by atoms with E-state index in [2.05, 4.69) is 0 Å². The number of aliphatic hydroxyl groups is 1. The van der Waals surface area contributed by atoms with Crippen LogP contribution in [0.4, 0.5) is 0 Å². The van der Waals surface area contributed by atoms with Gasteiger partial charge in [0.15, 0.2) is 34.7 Å². The minimum Gasteiger partial charge on any atom is -0.507 e. The molecule has 2 fully saturated rings. The number of Topliss-reactive ketones (excluding diaryl/α,β-unsaturated/α-hetero) is 4. The van der Waals surface area contributed by atoms with Gasteiger partial charge in [-0.1, -0.05) is 6.07 Å². The number of rotatable bonds is 3. The van der Waals surface area contributed by atoms with Gasteiger partial charge >= 0.3 is 0 Å². The van der Waals surface area contributed by atoms with Crippen LogP contribution in [0.2, 0.25) is 0 Å². The number of amides is 1. The summed E-state index contributed by atoms with van der Waals surface area (Å²) in [5.74, 6) is -10.4. The molecule has 3 aliphatic carbocycles. The molecule has 4 N–H and O–H groups in total. The number of nitrogens with two attached hydrogens (primary N) is 1. The molecule has 0 aliphatic heterocycles. The lowest BCUT2D eigenvalue weighted by molar-refractivity contribution is -0.181. The average Bonchev–Trinajstić information content (AvgIpc) is 3.30. The van der Waals surface area contributed by atoms with E-state index in [0.29, 0.717) is 5.56 Å². The van der Waals surface area contributed by atoms with Gasteiger partial charge in [0.2, 0.25) is 5.91 Å². The first-order chi connectivity index (χ1) is 16.5. The number of carbonyl (C=O) groups excluding carboxylic acids is 5. The van der Waals surface area contributed by atoms with Crippen molar-refractivity contribution in [1.82, 2.24) is 4.90 Å². The predicted octanol–water partition coefficient (Wildman–Crippen LogP) is 0.596. The second-order valence-corrected chi connectivity index (χ2v) is 10.7. The van der Waals surface area contributed by atoms with E-state index < -0.39 is 64.4 Å². The van der Waals surface area contributed by atoms with Gasteiger partial charge in [-0.2, -0.15) is 0 Å². The monoisotopic (exact) mass is 496 g/mol. The normalized spacial score (nSPS) is 32.3. The molecule has 5 rings (SSSR count). The van der Waals surface area contributed by atoms with Gasteiger partial charge in [-0.25, -0.2) is 0 Å². The van der Waals surface area contributed by atoms with E-state index in [0.717, 1.165) is 10.4 Å². The van der Waals surface area contributed by atoms with Crippen LogP contribution in [0.5, 0.6) is 5.75 Å². The molecule has 1 aromatic carbocycles. The van der Waals surface area contributed by atoms with E-state index in [1.807, 2.05) is 17.5 Å². The van der Waals surface area contributed by atoms with Crippen LogP contribution in [-0.2, 0) is 25.6 Å². The molecule has 9 nitrogen and oxygen atoms in total. The molecule has 2 unspecified atom stereocenters. The van der Waals surface area contributed by atoms with Gasteiger partial charge in [-0.3, -0.25) is 28.9 Å². The Labute approximate surface area is 204 Å². The molecule has 182 valence electrons. The third kappa shape index (κ3) is 3.10. The van der Waals surface area contributed by atoms with Crippen LogP contribution < -0.4 is 5.73 Å². The molecule has 1 amide bonds. The van der Waals surface area contributed by atoms with E-state index in [1.54, 1.807) is 20.2 Å². The predicted molar refractivity (Wildman–Crippen MR) is 125 cm³/mol. The Morgan fingerprint density at radius 3 is 2.46 bits per heavy atom. The van der Waals surface area contributed by atoms with Gasteiger partial charge < -0.3 is 15.9 Å². The van der Waals surface area contributed by atoms with Gasteiger partial charge in [-0.05, 0) is 67.6 Å². The molecule has 0 spiro atoms. The van der Waals surface area contributed by atoms with Crippen molar-refractivity contribution >= 4 is 40.4 Å². The van der Waals surface area contributed by atoms with Gasteiger partial charge in [-0.15, -0.1) is 11.3 Å². The second-order valence-electron chi connectivity index (χ2n) is 9.75. The third-order valence-corrected chi connectivity index (χ3v) is 8.63. The molecule has 0 radical (unpaired) electrons. The first-order valence-corrected chi connectivity index (χ1v) is 12.1. The number of thiophene rings is 1. The number of ketones is 4. The lowest BCUT2D eigenvalue weighted by atomic mass is 9.52. The second kappa shape index (κ2) is 7.91. The summed E-state index contributed by atoms with van der Waals surface area (Å²) in [5, 5.41) is 24.0.